The fourth-order valence-corrected chi connectivity index (χ4v) is 5.26. The monoisotopic (exact) mass is 484 g/mol. The second kappa shape index (κ2) is 10.4. The van der Waals surface area contributed by atoms with E-state index in [0.29, 0.717) is 17.4 Å². The average Bonchev–Trinajstić information content (AvgIpc) is 3.10. The predicted molar refractivity (Wildman–Crippen MR) is 146 cm³/mol. The molecule has 4 rings (SSSR count). The van der Waals surface area contributed by atoms with Gasteiger partial charge in [-0.1, -0.05) is 56.3 Å². The molecule has 35 heavy (non-hydrogen) atoms. The quantitative estimate of drug-likeness (QED) is 0.288. The Bertz CT molecular complexity index is 1310. The number of benzene rings is 2. The maximum Gasteiger partial charge on any atom is 0.256 e. The molecule has 0 spiro atoms. The first kappa shape index (κ1) is 24.6. The average molecular weight is 485 g/mol. The molecule has 180 valence electrons. The predicted octanol–water partition coefficient (Wildman–Crippen LogP) is 7.35. The number of carbonyl (C=O) groups is 1. The van der Waals surface area contributed by atoms with E-state index in [4.69, 9.17) is 0 Å². The van der Waals surface area contributed by atoms with E-state index in [9.17, 15) is 4.79 Å². The van der Waals surface area contributed by atoms with Gasteiger partial charge in [0.2, 0.25) is 5.95 Å². The molecule has 1 unspecified atom stereocenters. The Kier molecular flexibility index (Phi) is 7.31. The van der Waals surface area contributed by atoms with Gasteiger partial charge in [0.15, 0.2) is 0 Å². The smallest absolute Gasteiger partial charge is 0.256 e. The van der Waals surface area contributed by atoms with E-state index in [1.807, 2.05) is 50.2 Å². The van der Waals surface area contributed by atoms with Gasteiger partial charge in [0.25, 0.3) is 5.91 Å². The van der Waals surface area contributed by atoms with Crippen molar-refractivity contribution in [1.82, 2.24) is 9.97 Å². The van der Waals surface area contributed by atoms with Crippen molar-refractivity contribution in [2.24, 2.45) is 0 Å². The molecular weight excluding hydrogens is 452 g/mol. The third kappa shape index (κ3) is 5.60. The lowest BCUT2D eigenvalue weighted by Gasteiger charge is -2.23. The molecule has 0 saturated heterocycles. The molecule has 1 atom stereocenters. The van der Waals surface area contributed by atoms with Crippen molar-refractivity contribution in [3.63, 3.8) is 0 Å². The minimum atomic E-state index is -0.228. The number of hydrogen-bond donors (Lipinski definition) is 2. The van der Waals surface area contributed by atoms with E-state index in [1.54, 1.807) is 11.3 Å². The molecule has 0 bridgehead atoms. The number of anilines is 2. The number of hydrogen-bond acceptors (Lipinski definition) is 5. The second-order valence-corrected chi connectivity index (χ2v) is 10.4. The number of rotatable bonds is 7. The number of carbonyl (C=O) groups excluding carboxylic acids is 1. The third-order valence-electron chi connectivity index (χ3n) is 6.18. The number of aromatic nitrogens is 2. The Balaban J connectivity index is 1.80. The number of nitrogens with one attached hydrogen (secondary N) is 2. The van der Waals surface area contributed by atoms with E-state index < -0.39 is 0 Å². The molecule has 1 amide bonds. The summed E-state index contributed by atoms with van der Waals surface area (Å²) in [5.41, 5.74) is 7.00. The summed E-state index contributed by atoms with van der Waals surface area (Å²) in [7, 11) is 0. The molecule has 5 nitrogen and oxygen atoms in total. The van der Waals surface area contributed by atoms with Gasteiger partial charge < -0.3 is 10.6 Å². The molecule has 0 aliphatic rings. The van der Waals surface area contributed by atoms with Crippen LogP contribution >= 0.6 is 11.3 Å². The molecular formula is C29H32N4OS. The summed E-state index contributed by atoms with van der Waals surface area (Å²) in [6.07, 6.45) is 0. The first-order valence-electron chi connectivity index (χ1n) is 11.9. The maximum absolute atomic E-state index is 13.1. The Hall–Kier alpha value is -3.51. The molecule has 6 heteroatoms. The van der Waals surface area contributed by atoms with Gasteiger partial charge >= 0.3 is 0 Å². The van der Waals surface area contributed by atoms with Crippen LogP contribution in [-0.2, 0) is 0 Å². The lowest BCUT2D eigenvalue weighted by atomic mass is 9.94. The van der Waals surface area contributed by atoms with E-state index in [1.165, 1.54) is 5.56 Å². The van der Waals surface area contributed by atoms with Gasteiger partial charge in [-0.05, 0) is 68.5 Å². The van der Waals surface area contributed by atoms with Crippen LogP contribution in [0.25, 0.3) is 0 Å². The zero-order valence-corrected chi connectivity index (χ0v) is 22.0. The molecule has 2 aromatic heterocycles. The third-order valence-corrected chi connectivity index (χ3v) is 7.31. The maximum atomic E-state index is 13.1. The largest absolute Gasteiger partial charge is 0.343 e. The Morgan fingerprint density at radius 2 is 1.46 bits per heavy atom. The molecule has 0 aliphatic heterocycles. The number of aryl methyl sites for hydroxylation is 3. The summed E-state index contributed by atoms with van der Waals surface area (Å²) >= 11 is 1.60. The van der Waals surface area contributed by atoms with Crippen LogP contribution in [0.4, 0.5) is 10.9 Å². The normalized spacial score (nSPS) is 12.0. The van der Waals surface area contributed by atoms with E-state index in [2.05, 4.69) is 72.6 Å². The molecule has 0 saturated carbocycles. The highest BCUT2D eigenvalue weighted by atomic mass is 32.1. The van der Waals surface area contributed by atoms with Crippen LogP contribution < -0.4 is 10.6 Å². The number of nitrogens with zero attached hydrogens (tertiary/aromatic N) is 2. The van der Waals surface area contributed by atoms with Crippen LogP contribution in [0.2, 0.25) is 0 Å². The summed E-state index contributed by atoms with van der Waals surface area (Å²) in [6, 6.07) is 19.7. The minimum Gasteiger partial charge on any atom is -0.343 e. The van der Waals surface area contributed by atoms with Gasteiger partial charge in [0.05, 0.1) is 6.04 Å². The first-order chi connectivity index (χ1) is 16.7. The highest BCUT2D eigenvalue weighted by molar-refractivity contribution is 7.16. The van der Waals surface area contributed by atoms with Crippen LogP contribution in [0.3, 0.4) is 0 Å². The molecule has 2 N–H and O–H groups in total. The SMILES string of the molecule is Cc1cc(C)nc(NC(c2ccc(C(C)C)cc2)c2c(NC(=O)c3ccccc3)sc(C)c2C)n1. The fraction of sp³-hybridized carbons (Fsp3) is 0.276. The molecule has 2 heterocycles. The minimum absolute atomic E-state index is 0.121. The van der Waals surface area contributed by atoms with Crippen molar-refractivity contribution >= 4 is 28.2 Å². The van der Waals surface area contributed by atoms with Gasteiger partial charge in [-0.2, -0.15) is 0 Å². The highest BCUT2D eigenvalue weighted by Gasteiger charge is 2.26. The fourth-order valence-electron chi connectivity index (χ4n) is 4.16. The summed E-state index contributed by atoms with van der Waals surface area (Å²) < 4.78 is 0. The van der Waals surface area contributed by atoms with Crippen molar-refractivity contribution in [2.45, 2.75) is 53.5 Å². The number of thiophene rings is 1. The van der Waals surface area contributed by atoms with Gasteiger partial charge in [-0.15, -0.1) is 11.3 Å². The first-order valence-corrected chi connectivity index (χ1v) is 12.7. The van der Waals surface area contributed by atoms with Crippen molar-refractivity contribution in [1.29, 1.82) is 0 Å². The number of amides is 1. The summed E-state index contributed by atoms with van der Waals surface area (Å²) in [5, 5.41) is 7.60. The van der Waals surface area contributed by atoms with Gasteiger partial charge in [0.1, 0.15) is 5.00 Å². The molecule has 2 aromatic carbocycles. The van der Waals surface area contributed by atoms with Gasteiger partial charge in [0, 0.05) is 27.4 Å². The molecule has 0 aliphatic carbocycles. The van der Waals surface area contributed by atoms with Crippen molar-refractivity contribution in [3.8, 4) is 0 Å². The van der Waals surface area contributed by atoms with Gasteiger partial charge in [-0.3, -0.25) is 4.79 Å². The van der Waals surface area contributed by atoms with Crippen LogP contribution in [0, 0.1) is 27.7 Å². The Morgan fingerprint density at radius 3 is 2.06 bits per heavy atom. The summed E-state index contributed by atoms with van der Waals surface area (Å²) in [6.45, 7) is 12.5. The van der Waals surface area contributed by atoms with Crippen LogP contribution in [0.15, 0.2) is 60.7 Å². The Labute approximate surface area is 211 Å². The zero-order valence-electron chi connectivity index (χ0n) is 21.1. The van der Waals surface area contributed by atoms with Crippen LogP contribution in [0.5, 0.6) is 0 Å². The summed E-state index contributed by atoms with van der Waals surface area (Å²) in [5.74, 6) is 0.901. The molecule has 0 fully saturated rings. The van der Waals surface area contributed by atoms with Crippen molar-refractivity contribution < 1.29 is 4.79 Å². The standard InChI is InChI=1S/C29H32N4OS/c1-17(2)22-12-14-23(15-13-22)26(32-29-30-18(3)16-19(4)31-29)25-20(5)21(6)35-28(25)33-27(34)24-10-8-7-9-11-24/h7-17,26H,1-6H3,(H,33,34)(H,30,31,32). The van der Waals surface area contributed by atoms with Crippen LogP contribution in [0.1, 0.15) is 74.7 Å². The highest BCUT2D eigenvalue weighted by Crippen LogP contribution is 2.41. The second-order valence-electron chi connectivity index (χ2n) is 9.22. The Morgan fingerprint density at radius 1 is 0.857 bits per heavy atom. The van der Waals surface area contributed by atoms with Gasteiger partial charge in [-0.25, -0.2) is 9.97 Å². The molecule has 0 radical (unpaired) electrons. The molecule has 4 aromatic rings. The lowest BCUT2D eigenvalue weighted by molar-refractivity contribution is 0.102. The van der Waals surface area contributed by atoms with Crippen molar-refractivity contribution in [2.75, 3.05) is 10.6 Å². The van der Waals surface area contributed by atoms with Crippen molar-refractivity contribution in [3.05, 3.63) is 105 Å². The lowest BCUT2D eigenvalue weighted by Crippen LogP contribution is -2.19. The van der Waals surface area contributed by atoms with E-state index >= 15 is 0 Å². The zero-order chi connectivity index (χ0) is 25.1. The van der Waals surface area contributed by atoms with E-state index in [-0.39, 0.29) is 11.9 Å². The topological polar surface area (TPSA) is 66.9 Å². The summed E-state index contributed by atoms with van der Waals surface area (Å²) in [4.78, 5) is 23.5. The van der Waals surface area contributed by atoms with E-state index in [0.717, 1.165) is 38.0 Å². The van der Waals surface area contributed by atoms with Crippen LogP contribution in [-0.4, -0.2) is 15.9 Å².